The molecule has 5 nitrogen and oxygen atoms in total. The van der Waals surface area contributed by atoms with Gasteiger partial charge in [-0.25, -0.2) is 9.66 Å². The Morgan fingerprint density at radius 1 is 1.00 bits per heavy atom. The second-order valence-corrected chi connectivity index (χ2v) is 5.65. The lowest BCUT2D eigenvalue weighted by Gasteiger charge is -2.28. The van der Waals surface area contributed by atoms with Crippen LogP contribution in [-0.4, -0.2) is 9.66 Å². The van der Waals surface area contributed by atoms with Crippen molar-refractivity contribution in [2.24, 2.45) is 0 Å². The highest BCUT2D eigenvalue weighted by Gasteiger charge is 2.35. The van der Waals surface area contributed by atoms with Crippen molar-refractivity contribution in [1.29, 1.82) is 10.5 Å². The van der Waals surface area contributed by atoms with Gasteiger partial charge in [0.1, 0.15) is 6.33 Å². The molecule has 0 amide bonds. The highest BCUT2D eigenvalue weighted by molar-refractivity contribution is 5.58. The summed E-state index contributed by atoms with van der Waals surface area (Å²) in [5.41, 5.74) is 0.0743. The summed E-state index contributed by atoms with van der Waals surface area (Å²) < 4.78 is 42.3. The van der Waals surface area contributed by atoms with Crippen LogP contribution in [0.4, 0.5) is 18.9 Å². The normalized spacial score (nSPS) is 10.9. The van der Waals surface area contributed by atoms with Gasteiger partial charge in [-0.15, -0.1) is 0 Å². The number of hydrogen-bond acceptors (Lipinski definition) is 4. The number of nitrogens with zero attached hydrogens (tertiary/aromatic N) is 5. The average Bonchev–Trinajstić information content (AvgIpc) is 3.20. The quantitative estimate of drug-likeness (QED) is 0.696. The Balaban J connectivity index is 2.09. The lowest BCUT2D eigenvalue weighted by Crippen LogP contribution is -2.30. The molecule has 3 rings (SSSR count). The number of halogens is 3. The Labute approximate surface area is 153 Å². The Hall–Kier alpha value is -3.78. The molecular weight excluding hydrogens is 355 g/mol. The van der Waals surface area contributed by atoms with E-state index in [9.17, 15) is 13.2 Å². The van der Waals surface area contributed by atoms with Crippen molar-refractivity contribution in [2.75, 3.05) is 5.01 Å². The lowest BCUT2D eigenvalue weighted by atomic mass is 10.1. The van der Waals surface area contributed by atoms with Crippen LogP contribution in [0.2, 0.25) is 0 Å². The van der Waals surface area contributed by atoms with E-state index in [4.69, 9.17) is 10.5 Å². The van der Waals surface area contributed by atoms with Crippen molar-refractivity contribution >= 4 is 5.69 Å². The Kier molecular flexibility index (Phi) is 4.82. The molecule has 0 bridgehead atoms. The number of rotatable bonds is 4. The van der Waals surface area contributed by atoms with Crippen LogP contribution in [0.25, 0.3) is 0 Å². The molecule has 134 valence electrons. The summed E-state index contributed by atoms with van der Waals surface area (Å²) in [6, 6.07) is 13.7. The molecule has 0 saturated heterocycles. The number of aromatic nitrogens is 2. The monoisotopic (exact) mass is 367 g/mol. The number of alkyl halides is 3. The average molecular weight is 367 g/mol. The molecule has 0 aliphatic rings. The zero-order valence-electron chi connectivity index (χ0n) is 13.9. The molecule has 0 fully saturated rings. The molecule has 27 heavy (non-hydrogen) atoms. The van der Waals surface area contributed by atoms with Gasteiger partial charge in [-0.05, 0) is 35.9 Å². The molecule has 2 aromatic carbocycles. The summed E-state index contributed by atoms with van der Waals surface area (Å²) in [6.45, 7) is 0.108. The van der Waals surface area contributed by atoms with Crippen LogP contribution in [0.5, 0.6) is 0 Å². The van der Waals surface area contributed by atoms with E-state index in [1.165, 1.54) is 40.5 Å². The standard InChI is InChI=1S/C19H12F3N5/c20-19(21,22)17-9-16(11-24)5-6-18(17)27(26-8-7-25-13-26)12-15-3-1-14(10-23)2-4-15/h1-9,13H,12H2. The van der Waals surface area contributed by atoms with E-state index >= 15 is 0 Å². The van der Waals surface area contributed by atoms with Crippen LogP contribution >= 0.6 is 0 Å². The fraction of sp³-hybridized carbons (Fsp3) is 0.105. The SMILES string of the molecule is N#Cc1ccc(CN(c2ccc(C#N)cc2C(F)(F)F)n2ccnc2)cc1. The molecule has 8 heteroatoms. The van der Waals surface area contributed by atoms with Crippen molar-refractivity contribution in [2.45, 2.75) is 12.7 Å². The van der Waals surface area contributed by atoms with E-state index in [-0.39, 0.29) is 17.8 Å². The third-order valence-corrected chi connectivity index (χ3v) is 3.89. The zero-order valence-corrected chi connectivity index (χ0v) is 13.9. The predicted molar refractivity (Wildman–Crippen MR) is 91.1 cm³/mol. The van der Waals surface area contributed by atoms with E-state index in [0.717, 1.165) is 6.07 Å². The maximum atomic E-state index is 13.6. The third kappa shape index (κ3) is 3.91. The molecule has 0 saturated carbocycles. The molecule has 0 atom stereocenters. The molecular formula is C19H12F3N5. The van der Waals surface area contributed by atoms with Crippen LogP contribution in [0.15, 0.2) is 61.2 Å². The molecule has 1 aromatic heterocycles. The van der Waals surface area contributed by atoms with E-state index in [0.29, 0.717) is 11.1 Å². The highest BCUT2D eigenvalue weighted by Crippen LogP contribution is 2.38. The number of benzene rings is 2. The van der Waals surface area contributed by atoms with Gasteiger partial charge in [0.15, 0.2) is 0 Å². The van der Waals surface area contributed by atoms with E-state index in [2.05, 4.69) is 4.98 Å². The first-order chi connectivity index (χ1) is 12.9. The lowest BCUT2D eigenvalue weighted by molar-refractivity contribution is -0.137. The minimum Gasteiger partial charge on any atom is -0.275 e. The number of hydrogen-bond donors (Lipinski definition) is 0. The van der Waals surface area contributed by atoms with E-state index in [1.807, 2.05) is 6.07 Å². The van der Waals surface area contributed by atoms with Crippen molar-refractivity contribution in [3.8, 4) is 12.1 Å². The van der Waals surface area contributed by atoms with Gasteiger partial charge in [-0.2, -0.15) is 23.7 Å². The van der Waals surface area contributed by atoms with Crippen LogP contribution in [0.1, 0.15) is 22.3 Å². The second-order valence-electron chi connectivity index (χ2n) is 5.65. The summed E-state index contributed by atoms with van der Waals surface area (Å²) in [6.07, 6.45) is -0.252. The van der Waals surface area contributed by atoms with Crippen molar-refractivity contribution in [3.05, 3.63) is 83.4 Å². The first kappa shape index (κ1) is 18.0. The number of anilines is 1. The first-order valence-corrected chi connectivity index (χ1v) is 7.78. The van der Waals surface area contributed by atoms with Gasteiger partial charge in [-0.1, -0.05) is 12.1 Å². The summed E-state index contributed by atoms with van der Waals surface area (Å²) in [4.78, 5) is 3.91. The Morgan fingerprint density at radius 3 is 2.22 bits per heavy atom. The maximum Gasteiger partial charge on any atom is 0.418 e. The van der Waals surface area contributed by atoms with Crippen LogP contribution in [0, 0.1) is 22.7 Å². The number of imidazole rings is 1. The zero-order chi connectivity index (χ0) is 19.4. The largest absolute Gasteiger partial charge is 0.418 e. The van der Waals surface area contributed by atoms with Crippen LogP contribution in [0.3, 0.4) is 0 Å². The van der Waals surface area contributed by atoms with Gasteiger partial charge in [0, 0.05) is 12.4 Å². The topological polar surface area (TPSA) is 68.6 Å². The van der Waals surface area contributed by atoms with Gasteiger partial charge < -0.3 is 0 Å². The second kappa shape index (κ2) is 7.22. The predicted octanol–water partition coefficient (Wildman–Crippen LogP) is 4.12. The number of nitriles is 2. The third-order valence-electron chi connectivity index (χ3n) is 3.89. The molecule has 3 aromatic rings. The van der Waals surface area contributed by atoms with E-state index < -0.39 is 11.7 Å². The maximum absolute atomic E-state index is 13.6. The van der Waals surface area contributed by atoms with Crippen molar-refractivity contribution < 1.29 is 13.2 Å². The molecule has 0 aliphatic carbocycles. The van der Waals surface area contributed by atoms with Gasteiger partial charge in [0.25, 0.3) is 0 Å². The van der Waals surface area contributed by atoms with Crippen molar-refractivity contribution in [1.82, 2.24) is 9.66 Å². The van der Waals surface area contributed by atoms with Gasteiger partial charge in [-0.3, -0.25) is 5.01 Å². The fourth-order valence-electron chi connectivity index (χ4n) is 2.60. The van der Waals surface area contributed by atoms with Crippen LogP contribution in [-0.2, 0) is 12.7 Å². The summed E-state index contributed by atoms with van der Waals surface area (Å²) in [5.74, 6) is 0. The summed E-state index contributed by atoms with van der Waals surface area (Å²) >= 11 is 0. The summed E-state index contributed by atoms with van der Waals surface area (Å²) in [7, 11) is 0. The van der Waals surface area contributed by atoms with Crippen LogP contribution < -0.4 is 5.01 Å². The Bertz CT molecular complexity index is 1010. The molecule has 0 unspecified atom stereocenters. The van der Waals surface area contributed by atoms with Crippen molar-refractivity contribution in [3.63, 3.8) is 0 Å². The first-order valence-electron chi connectivity index (χ1n) is 7.78. The minimum absolute atomic E-state index is 0.0740. The fourth-order valence-corrected chi connectivity index (χ4v) is 2.60. The van der Waals surface area contributed by atoms with Gasteiger partial charge in [0.05, 0.1) is 41.1 Å². The van der Waals surface area contributed by atoms with Gasteiger partial charge in [0.2, 0.25) is 0 Å². The molecule has 0 spiro atoms. The van der Waals surface area contributed by atoms with Gasteiger partial charge >= 0.3 is 6.18 Å². The minimum atomic E-state index is -4.63. The molecule has 1 heterocycles. The smallest absolute Gasteiger partial charge is 0.275 e. The van der Waals surface area contributed by atoms with E-state index in [1.54, 1.807) is 30.3 Å². The summed E-state index contributed by atoms with van der Waals surface area (Å²) in [5, 5.41) is 19.2. The highest BCUT2D eigenvalue weighted by atomic mass is 19.4. The molecule has 0 radical (unpaired) electrons. The molecule has 0 N–H and O–H groups in total. The Morgan fingerprint density at radius 2 is 1.67 bits per heavy atom. The molecule has 0 aliphatic heterocycles.